The van der Waals surface area contributed by atoms with Gasteiger partial charge < -0.3 is 9.47 Å². The van der Waals surface area contributed by atoms with Crippen molar-refractivity contribution in [3.8, 4) is 0 Å². The largest absolute Gasteiger partial charge is 0.383 e. The molecule has 9 heteroatoms. The standard InChI is InChI=1S/C7H12FN3O4S/c1-14-4-3-11-6(5-15-2)9-10-7(11)16(8,12)13/h3-5H2,1-2H3. The van der Waals surface area contributed by atoms with Gasteiger partial charge >= 0.3 is 10.2 Å². The third kappa shape index (κ3) is 2.97. The molecule has 0 saturated heterocycles. The summed E-state index contributed by atoms with van der Waals surface area (Å²) in [6.07, 6.45) is 0. The normalized spacial score (nSPS) is 11.9. The van der Waals surface area contributed by atoms with E-state index in [1.165, 1.54) is 14.2 Å². The minimum absolute atomic E-state index is 0.0479. The van der Waals surface area contributed by atoms with Crippen molar-refractivity contribution in [2.24, 2.45) is 0 Å². The van der Waals surface area contributed by atoms with Crippen LogP contribution in [0.5, 0.6) is 0 Å². The molecule has 0 atom stereocenters. The lowest BCUT2D eigenvalue weighted by molar-refractivity contribution is 0.160. The van der Waals surface area contributed by atoms with Crippen molar-refractivity contribution in [2.75, 3.05) is 20.8 Å². The molecule has 1 aromatic heterocycles. The van der Waals surface area contributed by atoms with Crippen molar-refractivity contribution in [1.29, 1.82) is 0 Å². The molecule has 1 heterocycles. The van der Waals surface area contributed by atoms with E-state index in [-0.39, 0.29) is 25.6 Å². The van der Waals surface area contributed by atoms with E-state index < -0.39 is 15.4 Å². The molecule has 0 saturated carbocycles. The summed E-state index contributed by atoms with van der Waals surface area (Å²) in [6.45, 7) is 0.407. The number of hydrogen-bond acceptors (Lipinski definition) is 6. The van der Waals surface area contributed by atoms with Gasteiger partial charge in [-0.15, -0.1) is 10.2 Å². The second-order valence-corrected chi connectivity index (χ2v) is 4.15. The fourth-order valence-corrected chi connectivity index (χ4v) is 1.74. The molecule has 0 unspecified atom stereocenters. The summed E-state index contributed by atoms with van der Waals surface area (Å²) in [6, 6.07) is 0. The highest BCUT2D eigenvalue weighted by molar-refractivity contribution is 7.86. The summed E-state index contributed by atoms with van der Waals surface area (Å²) >= 11 is 0. The smallest absolute Gasteiger partial charge is 0.368 e. The van der Waals surface area contributed by atoms with Crippen LogP contribution in [0, 0.1) is 0 Å². The molecule has 1 rings (SSSR count). The Morgan fingerprint density at radius 3 is 2.50 bits per heavy atom. The molecule has 0 aromatic carbocycles. The lowest BCUT2D eigenvalue weighted by Gasteiger charge is -2.06. The number of hydrogen-bond donors (Lipinski definition) is 0. The van der Waals surface area contributed by atoms with E-state index in [1.54, 1.807) is 0 Å². The number of rotatable bonds is 6. The van der Waals surface area contributed by atoms with Crippen LogP contribution in [0.2, 0.25) is 0 Å². The van der Waals surface area contributed by atoms with E-state index in [2.05, 4.69) is 10.2 Å². The molecule has 0 aliphatic heterocycles. The molecule has 0 radical (unpaired) electrons. The van der Waals surface area contributed by atoms with Gasteiger partial charge in [0, 0.05) is 14.2 Å². The molecular formula is C7H12FN3O4S. The molecule has 0 spiro atoms. The van der Waals surface area contributed by atoms with E-state index in [9.17, 15) is 12.3 Å². The third-order valence-corrected chi connectivity index (χ3v) is 2.54. The van der Waals surface area contributed by atoms with Crippen molar-refractivity contribution in [2.45, 2.75) is 18.3 Å². The minimum Gasteiger partial charge on any atom is -0.383 e. The molecule has 0 fully saturated rings. The zero-order chi connectivity index (χ0) is 12.2. The van der Waals surface area contributed by atoms with Gasteiger partial charge in [0.15, 0.2) is 5.82 Å². The highest BCUT2D eigenvalue weighted by atomic mass is 32.3. The predicted octanol–water partition coefficient (Wildman–Crippen LogP) is -0.271. The van der Waals surface area contributed by atoms with Crippen LogP contribution in [-0.2, 0) is 32.8 Å². The quantitative estimate of drug-likeness (QED) is 0.649. The molecule has 0 aliphatic rings. The van der Waals surface area contributed by atoms with Crippen molar-refractivity contribution in [3.63, 3.8) is 0 Å². The maximum atomic E-state index is 12.8. The Bertz CT molecular complexity index is 444. The van der Waals surface area contributed by atoms with Gasteiger partial charge in [-0.25, -0.2) is 0 Å². The van der Waals surface area contributed by atoms with Crippen LogP contribution in [0.3, 0.4) is 0 Å². The fourth-order valence-electron chi connectivity index (χ4n) is 1.14. The third-order valence-electron chi connectivity index (χ3n) is 1.80. The molecular weight excluding hydrogens is 241 g/mol. The first-order valence-corrected chi connectivity index (χ1v) is 5.73. The Balaban J connectivity index is 3.09. The van der Waals surface area contributed by atoms with E-state index >= 15 is 0 Å². The van der Waals surface area contributed by atoms with E-state index in [1.807, 2.05) is 0 Å². The van der Waals surface area contributed by atoms with Crippen LogP contribution >= 0.6 is 0 Å². The summed E-state index contributed by atoms with van der Waals surface area (Å²) < 4.78 is 45.0. The van der Waals surface area contributed by atoms with Crippen molar-refractivity contribution < 1.29 is 21.8 Å². The van der Waals surface area contributed by atoms with Gasteiger partial charge in [-0.05, 0) is 0 Å². The van der Waals surface area contributed by atoms with Crippen LogP contribution < -0.4 is 0 Å². The summed E-state index contributed by atoms with van der Waals surface area (Å²) in [4.78, 5) is 0. The molecule has 0 N–H and O–H groups in total. The number of halogens is 1. The maximum Gasteiger partial charge on any atom is 0.368 e. The van der Waals surface area contributed by atoms with Gasteiger partial charge in [-0.3, -0.25) is 4.57 Å². The zero-order valence-corrected chi connectivity index (χ0v) is 9.70. The first kappa shape index (κ1) is 13.0. The van der Waals surface area contributed by atoms with Crippen molar-refractivity contribution in [1.82, 2.24) is 14.8 Å². The maximum absolute atomic E-state index is 12.8. The van der Waals surface area contributed by atoms with Crippen LogP contribution in [0.1, 0.15) is 5.82 Å². The van der Waals surface area contributed by atoms with Crippen LogP contribution in [0.25, 0.3) is 0 Å². The minimum atomic E-state index is -4.88. The van der Waals surface area contributed by atoms with E-state index in [0.29, 0.717) is 0 Å². The number of ether oxygens (including phenoxy) is 2. The highest BCUT2D eigenvalue weighted by Gasteiger charge is 2.23. The van der Waals surface area contributed by atoms with E-state index in [0.717, 1.165) is 4.57 Å². The topological polar surface area (TPSA) is 83.3 Å². The first-order valence-electron chi connectivity index (χ1n) is 4.35. The highest BCUT2D eigenvalue weighted by Crippen LogP contribution is 2.12. The molecule has 0 amide bonds. The first-order chi connectivity index (χ1) is 7.50. The van der Waals surface area contributed by atoms with Gasteiger partial charge in [0.2, 0.25) is 0 Å². The molecule has 92 valence electrons. The average molecular weight is 253 g/mol. The molecule has 1 aromatic rings. The van der Waals surface area contributed by atoms with Crippen molar-refractivity contribution in [3.05, 3.63) is 5.82 Å². The SMILES string of the molecule is COCCn1c(COC)nnc1S(=O)(=O)F. The predicted molar refractivity (Wildman–Crippen MR) is 50.9 cm³/mol. The second kappa shape index (κ2) is 5.32. The summed E-state index contributed by atoms with van der Waals surface area (Å²) in [5, 5.41) is 6.09. The van der Waals surface area contributed by atoms with Crippen LogP contribution in [0.4, 0.5) is 3.89 Å². The van der Waals surface area contributed by atoms with Crippen molar-refractivity contribution >= 4 is 10.2 Å². The Morgan fingerprint density at radius 2 is 2.00 bits per heavy atom. The number of nitrogens with zero attached hydrogens (tertiary/aromatic N) is 3. The van der Waals surface area contributed by atoms with E-state index in [4.69, 9.17) is 9.47 Å². The van der Waals surface area contributed by atoms with Gasteiger partial charge in [-0.1, -0.05) is 3.89 Å². The molecule has 7 nitrogen and oxygen atoms in total. The summed E-state index contributed by atoms with van der Waals surface area (Å²) in [5.74, 6) is 0.232. The number of methoxy groups -OCH3 is 2. The second-order valence-electron chi connectivity index (χ2n) is 2.91. The monoisotopic (exact) mass is 253 g/mol. The lowest BCUT2D eigenvalue weighted by Crippen LogP contribution is -2.13. The lowest BCUT2D eigenvalue weighted by atomic mass is 10.6. The molecule has 0 bridgehead atoms. The Morgan fingerprint density at radius 1 is 1.31 bits per heavy atom. The van der Waals surface area contributed by atoms with Gasteiger partial charge in [0.25, 0.3) is 5.16 Å². The van der Waals surface area contributed by atoms with Gasteiger partial charge in [0.1, 0.15) is 6.61 Å². The Labute approximate surface area is 92.4 Å². The van der Waals surface area contributed by atoms with Crippen LogP contribution in [0.15, 0.2) is 5.16 Å². The Hall–Kier alpha value is -1.06. The van der Waals surface area contributed by atoms with Crippen LogP contribution in [-0.4, -0.2) is 44.0 Å². The summed E-state index contributed by atoms with van der Waals surface area (Å²) in [7, 11) is -2.02. The number of aromatic nitrogens is 3. The zero-order valence-electron chi connectivity index (χ0n) is 8.88. The average Bonchev–Trinajstić information content (AvgIpc) is 2.58. The summed E-state index contributed by atoms with van der Waals surface area (Å²) in [5.41, 5.74) is 0. The van der Waals surface area contributed by atoms with Gasteiger partial charge in [-0.2, -0.15) is 8.42 Å². The molecule has 0 aliphatic carbocycles. The molecule has 16 heavy (non-hydrogen) atoms. The fraction of sp³-hybridized carbons (Fsp3) is 0.714. The van der Waals surface area contributed by atoms with Gasteiger partial charge in [0.05, 0.1) is 13.2 Å². The Kier molecular flexibility index (Phi) is 4.33.